The third kappa shape index (κ3) is 6.93. The number of nitro groups is 1. The Balaban J connectivity index is 1.25. The van der Waals surface area contributed by atoms with Crippen molar-refractivity contribution in [3.63, 3.8) is 0 Å². The highest BCUT2D eigenvalue weighted by atomic mass is 16.6. The largest absolute Gasteiger partial charge is 0.497 e. The standard InChI is InChI=1S/C26H30N4O9/c1-37-22-8-4-19(5-9-22)16-38-25(33)28-12-10-27(11-13-28)24(32)23-14-21(31)15-29(23)26(34)39-17-18-2-6-20(7-3-18)30(35)36/h2-9,21,23,31H,10-17H2,1H3/t21-,23+/m1/s1. The van der Waals surface area contributed by atoms with E-state index in [0.717, 1.165) is 5.56 Å². The zero-order valence-electron chi connectivity index (χ0n) is 21.4. The number of likely N-dealkylation sites (tertiary alicyclic amines) is 1. The van der Waals surface area contributed by atoms with Gasteiger partial charge in [0.05, 0.1) is 24.7 Å². The number of nitrogens with zero attached hydrogens (tertiary/aromatic N) is 4. The molecule has 0 aromatic heterocycles. The maximum Gasteiger partial charge on any atom is 0.410 e. The summed E-state index contributed by atoms with van der Waals surface area (Å²) in [6, 6.07) is 11.9. The van der Waals surface area contributed by atoms with E-state index in [-0.39, 0.29) is 64.0 Å². The minimum absolute atomic E-state index is 0.0485. The second-order valence-electron chi connectivity index (χ2n) is 9.25. The summed E-state index contributed by atoms with van der Waals surface area (Å²) in [7, 11) is 1.57. The number of amides is 3. The lowest BCUT2D eigenvalue weighted by Crippen LogP contribution is -2.55. The maximum atomic E-state index is 13.2. The Kier molecular flexibility index (Phi) is 8.81. The minimum atomic E-state index is -0.891. The van der Waals surface area contributed by atoms with Crippen LogP contribution in [0.25, 0.3) is 0 Å². The highest BCUT2D eigenvalue weighted by Gasteiger charge is 2.42. The number of carbonyl (C=O) groups is 3. The smallest absolute Gasteiger partial charge is 0.410 e. The summed E-state index contributed by atoms with van der Waals surface area (Å²) < 4.78 is 15.8. The van der Waals surface area contributed by atoms with Crippen molar-refractivity contribution in [2.45, 2.75) is 31.8 Å². The molecule has 13 nitrogen and oxygen atoms in total. The van der Waals surface area contributed by atoms with Crippen LogP contribution in [-0.2, 0) is 27.5 Å². The van der Waals surface area contributed by atoms with Gasteiger partial charge in [-0.1, -0.05) is 12.1 Å². The molecule has 0 aliphatic carbocycles. The van der Waals surface area contributed by atoms with Crippen LogP contribution in [0.2, 0.25) is 0 Å². The second kappa shape index (κ2) is 12.4. The summed E-state index contributed by atoms with van der Waals surface area (Å²) in [5, 5.41) is 21.0. The van der Waals surface area contributed by atoms with E-state index in [4.69, 9.17) is 14.2 Å². The van der Waals surface area contributed by atoms with Crippen LogP contribution in [-0.4, -0.2) is 94.8 Å². The van der Waals surface area contributed by atoms with Gasteiger partial charge in [-0.3, -0.25) is 19.8 Å². The molecular formula is C26H30N4O9. The van der Waals surface area contributed by atoms with E-state index in [1.807, 2.05) is 0 Å². The molecule has 0 saturated carbocycles. The Morgan fingerprint density at radius 3 is 2.00 bits per heavy atom. The zero-order valence-corrected chi connectivity index (χ0v) is 21.4. The molecule has 2 atom stereocenters. The molecule has 2 saturated heterocycles. The number of methoxy groups -OCH3 is 1. The Labute approximate surface area is 224 Å². The molecule has 4 rings (SSSR count). The van der Waals surface area contributed by atoms with E-state index in [2.05, 4.69) is 0 Å². The molecule has 2 heterocycles. The first-order valence-electron chi connectivity index (χ1n) is 12.4. The van der Waals surface area contributed by atoms with Gasteiger partial charge in [0.25, 0.3) is 5.69 Å². The molecule has 2 fully saturated rings. The summed E-state index contributed by atoms with van der Waals surface area (Å²) >= 11 is 0. The van der Waals surface area contributed by atoms with E-state index >= 15 is 0 Å². The number of ether oxygens (including phenoxy) is 3. The number of aliphatic hydroxyl groups excluding tert-OH is 1. The Morgan fingerprint density at radius 1 is 0.897 bits per heavy atom. The van der Waals surface area contributed by atoms with Crippen molar-refractivity contribution in [1.82, 2.24) is 14.7 Å². The number of benzene rings is 2. The summed E-state index contributed by atoms with van der Waals surface area (Å²) in [6.45, 7) is 0.983. The van der Waals surface area contributed by atoms with Crippen LogP contribution in [0.4, 0.5) is 15.3 Å². The van der Waals surface area contributed by atoms with Crippen molar-refractivity contribution in [3.05, 3.63) is 69.8 Å². The predicted molar refractivity (Wildman–Crippen MR) is 136 cm³/mol. The Bertz CT molecular complexity index is 1180. The first-order chi connectivity index (χ1) is 18.7. The van der Waals surface area contributed by atoms with E-state index in [0.29, 0.717) is 11.3 Å². The van der Waals surface area contributed by atoms with Gasteiger partial charge in [0.1, 0.15) is 25.0 Å². The monoisotopic (exact) mass is 542 g/mol. The number of aliphatic hydroxyl groups is 1. The average molecular weight is 543 g/mol. The molecule has 0 spiro atoms. The topological polar surface area (TPSA) is 152 Å². The zero-order chi connectivity index (χ0) is 27.9. The molecule has 13 heteroatoms. The lowest BCUT2D eigenvalue weighted by atomic mass is 10.1. The maximum absolute atomic E-state index is 13.2. The average Bonchev–Trinajstić information content (AvgIpc) is 3.36. The predicted octanol–water partition coefficient (Wildman–Crippen LogP) is 2.16. The number of nitro benzene ring substituents is 1. The molecule has 2 aliphatic heterocycles. The third-order valence-corrected chi connectivity index (χ3v) is 6.68. The molecule has 1 N–H and O–H groups in total. The van der Waals surface area contributed by atoms with Crippen molar-refractivity contribution in [3.8, 4) is 5.75 Å². The number of β-amino-alcohol motifs (C(OH)–C–C–N with tert-alkyl or cyclic N) is 1. The number of non-ortho nitro benzene ring substituents is 1. The number of carbonyl (C=O) groups excluding carboxylic acids is 3. The van der Waals surface area contributed by atoms with Gasteiger partial charge in [-0.05, 0) is 35.4 Å². The molecule has 39 heavy (non-hydrogen) atoms. The Morgan fingerprint density at radius 2 is 1.44 bits per heavy atom. The van der Waals surface area contributed by atoms with Crippen LogP contribution in [0.3, 0.4) is 0 Å². The van der Waals surface area contributed by atoms with Crippen LogP contribution >= 0.6 is 0 Å². The lowest BCUT2D eigenvalue weighted by molar-refractivity contribution is -0.384. The second-order valence-corrected chi connectivity index (χ2v) is 9.25. The quantitative estimate of drug-likeness (QED) is 0.410. The van der Waals surface area contributed by atoms with Crippen LogP contribution in [0.15, 0.2) is 48.5 Å². The molecule has 2 aromatic rings. The van der Waals surface area contributed by atoms with Crippen molar-refractivity contribution >= 4 is 23.8 Å². The summed E-state index contributed by atoms with van der Waals surface area (Å²) in [5.41, 5.74) is 1.29. The van der Waals surface area contributed by atoms with Gasteiger partial charge in [0.15, 0.2) is 0 Å². The summed E-state index contributed by atoms with van der Waals surface area (Å²) in [6.07, 6.45) is -2.04. The first-order valence-corrected chi connectivity index (χ1v) is 12.4. The van der Waals surface area contributed by atoms with Crippen LogP contribution < -0.4 is 4.74 Å². The fourth-order valence-corrected chi connectivity index (χ4v) is 4.47. The molecule has 2 aliphatic rings. The van der Waals surface area contributed by atoms with Gasteiger partial charge in [-0.15, -0.1) is 0 Å². The number of hydrogen-bond donors (Lipinski definition) is 1. The molecule has 0 radical (unpaired) electrons. The van der Waals surface area contributed by atoms with Crippen LogP contribution in [0.5, 0.6) is 5.75 Å². The number of piperazine rings is 1. The van der Waals surface area contributed by atoms with Crippen molar-refractivity contribution in [2.24, 2.45) is 0 Å². The van der Waals surface area contributed by atoms with Gasteiger partial charge in [0, 0.05) is 44.7 Å². The fraction of sp³-hybridized carbons (Fsp3) is 0.423. The van der Waals surface area contributed by atoms with Gasteiger partial charge in [-0.2, -0.15) is 0 Å². The van der Waals surface area contributed by atoms with Gasteiger partial charge in [-0.25, -0.2) is 9.59 Å². The number of hydrogen-bond acceptors (Lipinski definition) is 9. The van der Waals surface area contributed by atoms with Gasteiger partial charge >= 0.3 is 12.2 Å². The Hall–Kier alpha value is -4.39. The van der Waals surface area contributed by atoms with Crippen molar-refractivity contribution < 1.29 is 38.6 Å². The van der Waals surface area contributed by atoms with Crippen LogP contribution in [0.1, 0.15) is 17.5 Å². The lowest BCUT2D eigenvalue weighted by Gasteiger charge is -2.36. The number of rotatable bonds is 7. The summed E-state index contributed by atoms with van der Waals surface area (Å²) in [4.78, 5) is 53.0. The summed E-state index contributed by atoms with van der Waals surface area (Å²) in [5.74, 6) is 0.377. The van der Waals surface area contributed by atoms with E-state index in [1.165, 1.54) is 34.1 Å². The van der Waals surface area contributed by atoms with Crippen molar-refractivity contribution in [2.75, 3.05) is 39.8 Å². The van der Waals surface area contributed by atoms with E-state index in [1.54, 1.807) is 36.3 Å². The molecule has 0 bridgehead atoms. The first kappa shape index (κ1) is 27.6. The van der Waals surface area contributed by atoms with Gasteiger partial charge in [0.2, 0.25) is 5.91 Å². The third-order valence-electron chi connectivity index (χ3n) is 6.68. The normalized spacial score (nSPS) is 19.0. The molecule has 208 valence electrons. The molecule has 0 unspecified atom stereocenters. The van der Waals surface area contributed by atoms with Crippen LogP contribution in [0, 0.1) is 10.1 Å². The molecular weight excluding hydrogens is 512 g/mol. The SMILES string of the molecule is COc1ccc(COC(=O)N2CCN(C(=O)[C@@H]3C[C@@H](O)CN3C(=O)OCc3ccc([N+](=O)[O-])cc3)CC2)cc1. The highest BCUT2D eigenvalue weighted by Crippen LogP contribution is 2.23. The van der Waals surface area contributed by atoms with Crippen molar-refractivity contribution in [1.29, 1.82) is 0 Å². The van der Waals surface area contributed by atoms with E-state index < -0.39 is 29.3 Å². The van der Waals surface area contributed by atoms with Gasteiger partial charge < -0.3 is 29.1 Å². The highest BCUT2D eigenvalue weighted by molar-refractivity contribution is 5.86. The molecule has 3 amide bonds. The minimum Gasteiger partial charge on any atom is -0.497 e. The fourth-order valence-electron chi connectivity index (χ4n) is 4.47. The molecule has 2 aromatic carbocycles. The van der Waals surface area contributed by atoms with E-state index in [9.17, 15) is 29.6 Å².